The topological polar surface area (TPSA) is 166 Å². The van der Waals surface area contributed by atoms with E-state index in [9.17, 15) is 25.5 Å². The van der Waals surface area contributed by atoms with E-state index in [1.165, 1.54) is 35.5 Å². The number of benzene rings is 2. The highest BCUT2D eigenvalue weighted by molar-refractivity contribution is 5.88. The van der Waals surface area contributed by atoms with Gasteiger partial charge in [-0.05, 0) is 42.5 Å². The first-order chi connectivity index (χ1) is 19.5. The van der Waals surface area contributed by atoms with Gasteiger partial charge < -0.3 is 58.7 Å². The summed E-state index contributed by atoms with van der Waals surface area (Å²) in [5, 5.41) is 52.3. The standard InChI is InChI=1S/C29H40O12/c1-13-8-14-9-16(35-3)24(36-4)26(38-6)19(14)20-15(11-29(13,2)34)10-17(25(37-5)27(20)39-7)40-28-23(33)22(32)21(31)18(12-30)41-28/h9-10,13,18,21-23,28,30-34H,8,11-12H2,1-7H3/t13-,18+,21+,22-,23+,28+,29-/m0/s1. The van der Waals surface area contributed by atoms with E-state index in [2.05, 4.69) is 0 Å². The molecule has 228 valence electrons. The van der Waals surface area contributed by atoms with E-state index in [-0.39, 0.29) is 29.6 Å². The molecule has 41 heavy (non-hydrogen) atoms. The average Bonchev–Trinajstić information content (AvgIpc) is 2.95. The lowest BCUT2D eigenvalue weighted by Crippen LogP contribution is -2.60. The van der Waals surface area contributed by atoms with Crippen molar-refractivity contribution in [2.75, 3.05) is 42.2 Å². The first-order valence-electron chi connectivity index (χ1n) is 13.3. The van der Waals surface area contributed by atoms with Gasteiger partial charge in [0.15, 0.2) is 23.0 Å². The van der Waals surface area contributed by atoms with Gasteiger partial charge in [-0.2, -0.15) is 0 Å². The molecule has 0 radical (unpaired) electrons. The Hall–Kier alpha value is -3.00. The second kappa shape index (κ2) is 12.1. The molecule has 5 N–H and O–H groups in total. The molecule has 7 atom stereocenters. The van der Waals surface area contributed by atoms with E-state index >= 15 is 0 Å². The minimum Gasteiger partial charge on any atom is -0.493 e. The minimum atomic E-state index is -1.65. The average molecular weight is 581 g/mol. The van der Waals surface area contributed by atoms with Crippen LogP contribution in [0.5, 0.6) is 34.5 Å². The second-order valence-corrected chi connectivity index (χ2v) is 10.6. The molecule has 1 aliphatic carbocycles. The van der Waals surface area contributed by atoms with E-state index in [1.54, 1.807) is 13.0 Å². The highest BCUT2D eigenvalue weighted by Crippen LogP contribution is 2.56. The van der Waals surface area contributed by atoms with Crippen molar-refractivity contribution >= 4 is 0 Å². The lowest BCUT2D eigenvalue weighted by atomic mass is 9.75. The van der Waals surface area contributed by atoms with Gasteiger partial charge in [0.05, 0.1) is 47.8 Å². The molecule has 0 bridgehead atoms. The highest BCUT2D eigenvalue weighted by Gasteiger charge is 2.45. The first kappa shape index (κ1) is 30.9. The number of rotatable bonds is 8. The lowest BCUT2D eigenvalue weighted by molar-refractivity contribution is -0.277. The molecule has 0 saturated carbocycles. The third-order valence-corrected chi connectivity index (χ3v) is 8.08. The Morgan fingerprint density at radius 2 is 1.32 bits per heavy atom. The molecule has 12 nitrogen and oxygen atoms in total. The summed E-state index contributed by atoms with van der Waals surface area (Å²) in [5.74, 6) is 1.51. The van der Waals surface area contributed by atoms with Crippen LogP contribution in [0.3, 0.4) is 0 Å². The van der Waals surface area contributed by atoms with Gasteiger partial charge in [0.1, 0.15) is 24.4 Å². The van der Waals surface area contributed by atoms with Crippen LogP contribution < -0.4 is 28.4 Å². The van der Waals surface area contributed by atoms with Crippen LogP contribution in [0.2, 0.25) is 0 Å². The Bertz CT molecular complexity index is 1240. The molecule has 4 rings (SSSR count). The van der Waals surface area contributed by atoms with Gasteiger partial charge >= 0.3 is 0 Å². The Kier molecular flexibility index (Phi) is 9.12. The Morgan fingerprint density at radius 1 is 0.780 bits per heavy atom. The summed E-state index contributed by atoms with van der Waals surface area (Å²) in [5.41, 5.74) is 1.48. The number of hydrogen-bond acceptors (Lipinski definition) is 12. The normalized spacial score (nSPS) is 29.4. The monoisotopic (exact) mass is 580 g/mol. The molecule has 0 spiro atoms. The van der Waals surface area contributed by atoms with Gasteiger partial charge in [0.2, 0.25) is 17.8 Å². The quantitative estimate of drug-likeness (QED) is 0.302. The zero-order valence-electron chi connectivity index (χ0n) is 24.3. The number of ether oxygens (including phenoxy) is 7. The summed E-state index contributed by atoms with van der Waals surface area (Å²) in [7, 11) is 7.45. The van der Waals surface area contributed by atoms with Crippen molar-refractivity contribution in [1.29, 1.82) is 0 Å². The Labute approximate surface area is 238 Å². The summed E-state index contributed by atoms with van der Waals surface area (Å²) in [4.78, 5) is 0. The van der Waals surface area contributed by atoms with E-state index < -0.39 is 42.9 Å². The van der Waals surface area contributed by atoms with Crippen molar-refractivity contribution < 1.29 is 58.7 Å². The molecule has 1 heterocycles. The lowest BCUT2D eigenvalue weighted by Gasteiger charge is -2.40. The predicted octanol–water partition coefficient (Wildman–Crippen LogP) is 1.06. The van der Waals surface area contributed by atoms with E-state index in [4.69, 9.17) is 33.2 Å². The summed E-state index contributed by atoms with van der Waals surface area (Å²) in [6, 6.07) is 3.49. The fraction of sp³-hybridized carbons (Fsp3) is 0.586. The maximum absolute atomic E-state index is 11.6. The summed E-state index contributed by atoms with van der Waals surface area (Å²) in [6.07, 6.45) is -6.82. The van der Waals surface area contributed by atoms with Crippen LogP contribution >= 0.6 is 0 Å². The number of aliphatic hydroxyl groups excluding tert-OH is 4. The molecule has 0 amide bonds. The largest absolute Gasteiger partial charge is 0.493 e. The van der Waals surface area contributed by atoms with Crippen molar-refractivity contribution in [2.24, 2.45) is 5.92 Å². The number of fused-ring (bicyclic) bond motifs is 3. The van der Waals surface area contributed by atoms with Gasteiger partial charge in [0.25, 0.3) is 0 Å². The van der Waals surface area contributed by atoms with Crippen molar-refractivity contribution in [1.82, 2.24) is 0 Å². The smallest absolute Gasteiger partial charge is 0.229 e. The highest BCUT2D eigenvalue weighted by atomic mass is 16.7. The minimum absolute atomic E-state index is 0.0810. The summed E-state index contributed by atoms with van der Waals surface area (Å²) in [6.45, 7) is 3.08. The van der Waals surface area contributed by atoms with E-state index in [0.717, 1.165) is 5.56 Å². The molecule has 1 aliphatic heterocycles. The molecule has 0 aromatic heterocycles. The van der Waals surface area contributed by atoms with Crippen LogP contribution in [0.4, 0.5) is 0 Å². The fourth-order valence-electron chi connectivity index (χ4n) is 5.60. The van der Waals surface area contributed by atoms with Crippen LogP contribution in [-0.4, -0.2) is 104 Å². The van der Waals surface area contributed by atoms with Crippen LogP contribution in [0.15, 0.2) is 12.1 Å². The van der Waals surface area contributed by atoms with Crippen LogP contribution in [0.25, 0.3) is 11.1 Å². The van der Waals surface area contributed by atoms with Crippen molar-refractivity contribution in [3.63, 3.8) is 0 Å². The molecule has 2 aliphatic rings. The zero-order chi connectivity index (χ0) is 30.2. The molecular formula is C29H40O12. The maximum atomic E-state index is 11.6. The molecule has 2 aromatic rings. The molecule has 1 saturated heterocycles. The summed E-state index contributed by atoms with van der Waals surface area (Å²) >= 11 is 0. The van der Waals surface area contributed by atoms with E-state index in [1.807, 2.05) is 13.0 Å². The van der Waals surface area contributed by atoms with Gasteiger partial charge in [-0.1, -0.05) is 6.92 Å². The van der Waals surface area contributed by atoms with Gasteiger partial charge in [-0.25, -0.2) is 0 Å². The zero-order valence-corrected chi connectivity index (χ0v) is 24.3. The Balaban J connectivity index is 2.00. The number of methoxy groups -OCH3 is 5. The molecule has 0 unspecified atom stereocenters. The van der Waals surface area contributed by atoms with Crippen molar-refractivity contribution in [3.05, 3.63) is 23.3 Å². The van der Waals surface area contributed by atoms with Gasteiger partial charge in [0, 0.05) is 17.5 Å². The van der Waals surface area contributed by atoms with Crippen molar-refractivity contribution in [3.8, 4) is 45.6 Å². The molecule has 1 fully saturated rings. The number of hydrogen-bond donors (Lipinski definition) is 5. The maximum Gasteiger partial charge on any atom is 0.229 e. The SMILES string of the molecule is COc1cc2c(c(OC)c1OC)-c1c(cc(O[C@@H]3O[C@H](CO)[C@@H](O)[C@H](O)[C@H]3O)c(OC)c1OC)C[C@](C)(O)[C@@H](C)C2. The van der Waals surface area contributed by atoms with Crippen LogP contribution in [0.1, 0.15) is 25.0 Å². The third kappa shape index (κ3) is 5.36. The third-order valence-electron chi connectivity index (χ3n) is 8.08. The van der Waals surface area contributed by atoms with Gasteiger partial charge in [-0.15, -0.1) is 0 Å². The summed E-state index contributed by atoms with van der Waals surface area (Å²) < 4.78 is 40.4. The predicted molar refractivity (Wildman–Crippen MR) is 146 cm³/mol. The fourth-order valence-corrected chi connectivity index (χ4v) is 5.60. The van der Waals surface area contributed by atoms with E-state index in [0.29, 0.717) is 40.4 Å². The first-order valence-corrected chi connectivity index (χ1v) is 13.3. The Morgan fingerprint density at radius 3 is 1.85 bits per heavy atom. The van der Waals surface area contributed by atoms with Crippen LogP contribution in [0, 0.1) is 5.92 Å². The molecule has 2 aromatic carbocycles. The number of aliphatic hydroxyl groups is 5. The molecule has 12 heteroatoms. The van der Waals surface area contributed by atoms with Gasteiger partial charge in [-0.3, -0.25) is 0 Å². The second-order valence-electron chi connectivity index (χ2n) is 10.6. The van der Waals surface area contributed by atoms with Crippen LogP contribution in [-0.2, 0) is 17.6 Å². The molecular weight excluding hydrogens is 540 g/mol. The van der Waals surface area contributed by atoms with Crippen molar-refractivity contribution in [2.45, 2.75) is 63.0 Å².